The van der Waals surface area contributed by atoms with Gasteiger partial charge in [-0.2, -0.15) is 0 Å². The van der Waals surface area contributed by atoms with E-state index < -0.39 is 0 Å². The van der Waals surface area contributed by atoms with E-state index in [-0.39, 0.29) is 17.7 Å². The summed E-state index contributed by atoms with van der Waals surface area (Å²) < 4.78 is 0. The lowest BCUT2D eigenvalue weighted by Gasteiger charge is -2.24. The number of amides is 2. The molecule has 2 amide bonds. The number of carbonyl (C=O) groups is 2. The number of hydrogen-bond donors (Lipinski definition) is 2. The topological polar surface area (TPSA) is 61.4 Å². The third-order valence-electron chi connectivity index (χ3n) is 4.33. The van der Waals surface area contributed by atoms with E-state index in [0.29, 0.717) is 25.7 Å². The summed E-state index contributed by atoms with van der Waals surface area (Å²) in [5, 5.41) is 5.99. The van der Waals surface area contributed by atoms with Gasteiger partial charge in [0.25, 0.3) is 0 Å². The smallest absolute Gasteiger partial charge is 0.234 e. The SMILES string of the molecule is CCNC(=O)C1CCN(CC(=O)NC2CCCCC2)C1. The van der Waals surface area contributed by atoms with Crippen LogP contribution in [-0.2, 0) is 9.59 Å². The molecule has 2 fully saturated rings. The normalized spacial score (nSPS) is 24.6. The van der Waals surface area contributed by atoms with Gasteiger partial charge in [0.05, 0.1) is 12.5 Å². The molecule has 5 heteroatoms. The number of hydrogen-bond acceptors (Lipinski definition) is 3. The van der Waals surface area contributed by atoms with Gasteiger partial charge in [-0.1, -0.05) is 19.3 Å². The van der Waals surface area contributed by atoms with Crippen molar-refractivity contribution in [3.63, 3.8) is 0 Å². The van der Waals surface area contributed by atoms with Gasteiger partial charge in [0.15, 0.2) is 0 Å². The first kappa shape index (κ1) is 15.3. The van der Waals surface area contributed by atoms with Gasteiger partial charge in [-0.15, -0.1) is 0 Å². The Balaban J connectivity index is 1.68. The van der Waals surface area contributed by atoms with E-state index >= 15 is 0 Å². The van der Waals surface area contributed by atoms with Crippen LogP contribution in [-0.4, -0.2) is 48.9 Å². The zero-order chi connectivity index (χ0) is 14.4. The molecule has 1 heterocycles. The lowest BCUT2D eigenvalue weighted by atomic mass is 9.95. The van der Waals surface area contributed by atoms with Gasteiger partial charge in [0.2, 0.25) is 11.8 Å². The van der Waals surface area contributed by atoms with E-state index in [1.807, 2.05) is 6.92 Å². The lowest BCUT2D eigenvalue weighted by molar-refractivity contribution is -0.125. The Kier molecular flexibility index (Phi) is 5.83. The number of nitrogens with one attached hydrogen (secondary N) is 2. The van der Waals surface area contributed by atoms with Gasteiger partial charge in [-0.3, -0.25) is 14.5 Å². The second kappa shape index (κ2) is 7.62. The molecule has 2 aliphatic rings. The molecule has 1 unspecified atom stereocenters. The molecule has 1 aliphatic heterocycles. The fraction of sp³-hybridized carbons (Fsp3) is 0.867. The predicted octanol–water partition coefficient (Wildman–Crippen LogP) is 0.893. The fourth-order valence-electron chi connectivity index (χ4n) is 3.23. The second-order valence-electron chi connectivity index (χ2n) is 6.02. The van der Waals surface area contributed by atoms with E-state index in [4.69, 9.17) is 0 Å². The highest BCUT2D eigenvalue weighted by Crippen LogP contribution is 2.18. The highest BCUT2D eigenvalue weighted by molar-refractivity contribution is 5.80. The Labute approximate surface area is 121 Å². The Morgan fingerprint density at radius 2 is 1.90 bits per heavy atom. The van der Waals surface area contributed by atoms with E-state index in [1.165, 1.54) is 19.3 Å². The molecule has 1 atom stereocenters. The zero-order valence-electron chi connectivity index (χ0n) is 12.5. The van der Waals surface area contributed by atoms with E-state index in [9.17, 15) is 9.59 Å². The molecule has 2 rings (SSSR count). The van der Waals surface area contributed by atoms with Gasteiger partial charge >= 0.3 is 0 Å². The average Bonchev–Trinajstić information content (AvgIpc) is 2.88. The van der Waals surface area contributed by atoms with Crippen molar-refractivity contribution in [1.82, 2.24) is 15.5 Å². The molecule has 0 aromatic carbocycles. The fourth-order valence-corrected chi connectivity index (χ4v) is 3.23. The molecule has 0 aromatic heterocycles. The van der Waals surface area contributed by atoms with Crippen molar-refractivity contribution < 1.29 is 9.59 Å². The van der Waals surface area contributed by atoms with Crippen LogP contribution in [0.2, 0.25) is 0 Å². The first-order valence-corrected chi connectivity index (χ1v) is 7.98. The van der Waals surface area contributed by atoms with Crippen LogP contribution in [0.1, 0.15) is 45.4 Å². The Morgan fingerprint density at radius 3 is 2.60 bits per heavy atom. The van der Waals surface area contributed by atoms with Crippen molar-refractivity contribution in [3.05, 3.63) is 0 Å². The maximum absolute atomic E-state index is 12.0. The molecule has 1 aliphatic carbocycles. The van der Waals surface area contributed by atoms with Gasteiger partial charge in [0, 0.05) is 19.1 Å². The largest absolute Gasteiger partial charge is 0.356 e. The zero-order valence-corrected chi connectivity index (χ0v) is 12.5. The molecule has 114 valence electrons. The van der Waals surface area contributed by atoms with Crippen LogP contribution in [0.3, 0.4) is 0 Å². The van der Waals surface area contributed by atoms with E-state index in [1.54, 1.807) is 0 Å². The summed E-state index contributed by atoms with van der Waals surface area (Å²) >= 11 is 0. The first-order valence-electron chi connectivity index (χ1n) is 7.98. The molecule has 0 radical (unpaired) electrons. The maximum Gasteiger partial charge on any atom is 0.234 e. The van der Waals surface area contributed by atoms with Crippen molar-refractivity contribution >= 4 is 11.8 Å². The van der Waals surface area contributed by atoms with Crippen LogP contribution in [0.25, 0.3) is 0 Å². The average molecular weight is 281 g/mol. The third kappa shape index (κ3) is 4.47. The quantitative estimate of drug-likeness (QED) is 0.787. The lowest BCUT2D eigenvalue weighted by Crippen LogP contribution is -2.42. The summed E-state index contributed by atoms with van der Waals surface area (Å²) in [6.07, 6.45) is 6.86. The maximum atomic E-state index is 12.0. The summed E-state index contributed by atoms with van der Waals surface area (Å²) in [5.74, 6) is 0.300. The summed E-state index contributed by atoms with van der Waals surface area (Å²) in [5.41, 5.74) is 0. The van der Waals surface area contributed by atoms with Crippen molar-refractivity contribution in [1.29, 1.82) is 0 Å². The second-order valence-corrected chi connectivity index (χ2v) is 6.02. The van der Waals surface area contributed by atoms with Gasteiger partial charge in [0.1, 0.15) is 0 Å². The summed E-state index contributed by atoms with van der Waals surface area (Å²) in [4.78, 5) is 25.9. The van der Waals surface area contributed by atoms with Gasteiger partial charge in [-0.25, -0.2) is 0 Å². The number of rotatable bonds is 5. The van der Waals surface area contributed by atoms with E-state index in [2.05, 4.69) is 15.5 Å². The summed E-state index contributed by atoms with van der Waals surface area (Å²) in [7, 11) is 0. The number of carbonyl (C=O) groups excluding carboxylic acids is 2. The van der Waals surface area contributed by atoms with Crippen LogP contribution >= 0.6 is 0 Å². The highest BCUT2D eigenvalue weighted by atomic mass is 16.2. The molecular formula is C15H27N3O2. The molecule has 1 saturated carbocycles. The van der Waals surface area contributed by atoms with Crippen molar-refractivity contribution in [3.8, 4) is 0 Å². The Bertz CT molecular complexity index is 340. The first-order chi connectivity index (χ1) is 9.69. The Morgan fingerprint density at radius 1 is 1.15 bits per heavy atom. The molecule has 20 heavy (non-hydrogen) atoms. The minimum absolute atomic E-state index is 0.0532. The highest BCUT2D eigenvalue weighted by Gasteiger charge is 2.29. The van der Waals surface area contributed by atoms with Gasteiger partial charge < -0.3 is 10.6 Å². The minimum atomic E-state index is 0.0532. The molecule has 1 saturated heterocycles. The molecule has 0 bridgehead atoms. The summed E-state index contributed by atoms with van der Waals surface area (Å²) in [6.45, 7) is 4.61. The minimum Gasteiger partial charge on any atom is -0.356 e. The van der Waals surface area contributed by atoms with Crippen LogP contribution in [0, 0.1) is 5.92 Å². The van der Waals surface area contributed by atoms with Crippen LogP contribution < -0.4 is 10.6 Å². The molecule has 0 aromatic rings. The van der Waals surface area contributed by atoms with Crippen molar-refractivity contribution in [2.75, 3.05) is 26.2 Å². The molecule has 2 N–H and O–H groups in total. The van der Waals surface area contributed by atoms with Crippen LogP contribution in [0.15, 0.2) is 0 Å². The van der Waals surface area contributed by atoms with Crippen molar-refractivity contribution in [2.24, 2.45) is 5.92 Å². The van der Waals surface area contributed by atoms with Crippen LogP contribution in [0.4, 0.5) is 0 Å². The Hall–Kier alpha value is -1.10. The van der Waals surface area contributed by atoms with E-state index in [0.717, 1.165) is 25.8 Å². The van der Waals surface area contributed by atoms with Crippen molar-refractivity contribution in [2.45, 2.75) is 51.5 Å². The van der Waals surface area contributed by atoms with Crippen LogP contribution in [0.5, 0.6) is 0 Å². The molecular weight excluding hydrogens is 254 g/mol. The third-order valence-corrected chi connectivity index (χ3v) is 4.33. The number of nitrogens with zero attached hydrogens (tertiary/aromatic N) is 1. The van der Waals surface area contributed by atoms with Gasteiger partial charge in [-0.05, 0) is 32.7 Å². The predicted molar refractivity (Wildman–Crippen MR) is 78.2 cm³/mol. The molecule has 5 nitrogen and oxygen atoms in total. The summed E-state index contributed by atoms with van der Waals surface area (Å²) in [6, 6.07) is 0.373. The number of likely N-dealkylation sites (tertiary alicyclic amines) is 1. The monoisotopic (exact) mass is 281 g/mol. The standard InChI is InChI=1S/C15H27N3O2/c1-2-16-15(20)12-8-9-18(10-12)11-14(19)17-13-6-4-3-5-7-13/h12-13H,2-11H2,1H3,(H,16,20)(H,17,19). The molecule has 0 spiro atoms.